The van der Waals surface area contributed by atoms with E-state index in [2.05, 4.69) is 10.6 Å². The Balaban J connectivity index is 1.87. The van der Waals surface area contributed by atoms with Gasteiger partial charge in [0.2, 0.25) is 17.7 Å². The summed E-state index contributed by atoms with van der Waals surface area (Å²) < 4.78 is 68.7. The molecule has 3 aliphatic heterocycles. The summed E-state index contributed by atoms with van der Waals surface area (Å²) in [5, 5.41) is 16.3. The van der Waals surface area contributed by atoms with Crippen molar-refractivity contribution in [3.8, 4) is 6.07 Å². The lowest BCUT2D eigenvalue weighted by Crippen LogP contribution is -2.71. The standard InChI is InChI=1S/C24H32F5N5O4/c1-12(2)8-17(33-22(38)24(27,28)29)21(37)34-15-5-6-16(23(25,26)10-15)18(34)20(36)32-14(11-30)9-13-4-3-7-31-19(13)35/h12-18H,3-10H2,1-2H3,(H,31,35)(H,32,36)(H,33,38)/t13-,14+,15-,16-,17+,18+/m0/s1. The van der Waals surface area contributed by atoms with E-state index >= 15 is 0 Å². The maximum Gasteiger partial charge on any atom is 0.471 e. The van der Waals surface area contributed by atoms with Crippen LogP contribution in [-0.4, -0.2) is 71.3 Å². The van der Waals surface area contributed by atoms with Gasteiger partial charge in [-0.3, -0.25) is 19.2 Å². The first-order chi connectivity index (χ1) is 17.7. The highest BCUT2D eigenvalue weighted by Gasteiger charge is 2.61. The van der Waals surface area contributed by atoms with Gasteiger partial charge in [-0.05, 0) is 44.4 Å². The highest BCUT2D eigenvalue weighted by Crippen LogP contribution is 2.49. The fourth-order valence-corrected chi connectivity index (χ4v) is 5.68. The van der Waals surface area contributed by atoms with Crippen molar-refractivity contribution in [2.45, 2.75) is 95.1 Å². The summed E-state index contributed by atoms with van der Waals surface area (Å²) in [6.45, 7) is 3.71. The average Bonchev–Trinajstić information content (AvgIpc) is 2.82. The zero-order valence-electron chi connectivity index (χ0n) is 21.1. The molecule has 3 heterocycles. The minimum absolute atomic E-state index is 0.0587. The topological polar surface area (TPSA) is 131 Å². The van der Waals surface area contributed by atoms with Crippen LogP contribution in [0.4, 0.5) is 22.0 Å². The smallest absolute Gasteiger partial charge is 0.356 e. The zero-order chi connectivity index (χ0) is 28.4. The molecule has 3 saturated heterocycles. The van der Waals surface area contributed by atoms with Crippen molar-refractivity contribution >= 4 is 23.6 Å². The van der Waals surface area contributed by atoms with Crippen LogP contribution in [0.15, 0.2) is 0 Å². The van der Waals surface area contributed by atoms with Gasteiger partial charge in [0.15, 0.2) is 0 Å². The summed E-state index contributed by atoms with van der Waals surface area (Å²) in [4.78, 5) is 51.5. The summed E-state index contributed by atoms with van der Waals surface area (Å²) in [5.41, 5.74) is 0. The van der Waals surface area contributed by atoms with Gasteiger partial charge in [0, 0.05) is 24.9 Å². The number of nitriles is 1. The lowest BCUT2D eigenvalue weighted by Gasteiger charge is -2.54. The molecule has 3 N–H and O–H groups in total. The van der Waals surface area contributed by atoms with E-state index in [1.54, 1.807) is 19.2 Å². The SMILES string of the molecule is CC(C)C[C@@H](NC(=O)C(F)(F)F)C(=O)N1[C@H]2CC[C@@H]([C@@H]1C(=O)N[C@@H](C#N)C[C@@H]1CCCNC1=O)C(F)(F)C2. The molecular formula is C24H32F5N5O4. The predicted octanol–water partition coefficient (Wildman–Crippen LogP) is 2.02. The summed E-state index contributed by atoms with van der Waals surface area (Å²) in [7, 11) is 0. The van der Waals surface area contributed by atoms with Crippen LogP contribution in [-0.2, 0) is 19.2 Å². The molecule has 0 aromatic carbocycles. The number of piperidine rings is 3. The second-order valence-corrected chi connectivity index (χ2v) is 10.7. The number of halogens is 5. The molecule has 4 aliphatic rings. The van der Waals surface area contributed by atoms with Crippen LogP contribution in [0.25, 0.3) is 0 Å². The minimum Gasteiger partial charge on any atom is -0.356 e. The quantitative estimate of drug-likeness (QED) is 0.399. The molecule has 2 bridgehead atoms. The molecule has 212 valence electrons. The van der Waals surface area contributed by atoms with Crippen molar-refractivity contribution in [3.63, 3.8) is 0 Å². The number of alkyl halides is 5. The maximum atomic E-state index is 14.9. The Bertz CT molecular complexity index is 982. The van der Waals surface area contributed by atoms with Crippen LogP contribution in [0.3, 0.4) is 0 Å². The lowest BCUT2D eigenvalue weighted by atomic mass is 9.71. The number of carbonyl (C=O) groups is 4. The van der Waals surface area contributed by atoms with E-state index in [9.17, 15) is 46.4 Å². The van der Waals surface area contributed by atoms with E-state index in [0.29, 0.717) is 19.4 Å². The number of nitrogens with one attached hydrogen (secondary N) is 3. The van der Waals surface area contributed by atoms with Gasteiger partial charge in [0.05, 0.1) is 12.0 Å². The molecule has 0 unspecified atom stereocenters. The molecule has 1 aliphatic carbocycles. The minimum atomic E-state index is -5.27. The van der Waals surface area contributed by atoms with Crippen molar-refractivity contribution in [2.75, 3.05) is 6.54 Å². The van der Waals surface area contributed by atoms with Crippen LogP contribution >= 0.6 is 0 Å². The second-order valence-electron chi connectivity index (χ2n) is 10.7. The molecule has 0 spiro atoms. The monoisotopic (exact) mass is 549 g/mol. The number of hydrogen-bond donors (Lipinski definition) is 3. The number of rotatable bonds is 8. The first kappa shape index (κ1) is 29.6. The van der Waals surface area contributed by atoms with Gasteiger partial charge in [-0.1, -0.05) is 13.8 Å². The van der Waals surface area contributed by atoms with E-state index in [4.69, 9.17) is 0 Å². The lowest BCUT2D eigenvalue weighted by molar-refractivity contribution is -0.196. The van der Waals surface area contributed by atoms with Gasteiger partial charge in [-0.15, -0.1) is 0 Å². The van der Waals surface area contributed by atoms with Crippen LogP contribution < -0.4 is 16.0 Å². The van der Waals surface area contributed by atoms with Crippen molar-refractivity contribution in [1.29, 1.82) is 5.26 Å². The highest BCUT2D eigenvalue weighted by atomic mass is 19.4. The van der Waals surface area contributed by atoms with E-state index < -0.39 is 72.2 Å². The normalized spacial score (nSPS) is 28.2. The van der Waals surface area contributed by atoms with E-state index in [1.165, 1.54) is 0 Å². The molecule has 0 radical (unpaired) electrons. The van der Waals surface area contributed by atoms with Gasteiger partial charge in [0.1, 0.15) is 18.1 Å². The first-order valence-electron chi connectivity index (χ1n) is 12.7. The molecule has 1 saturated carbocycles. The highest BCUT2D eigenvalue weighted by molar-refractivity contribution is 5.94. The van der Waals surface area contributed by atoms with Crippen LogP contribution in [0.2, 0.25) is 0 Å². The Hall–Kier alpha value is -2.98. The molecule has 38 heavy (non-hydrogen) atoms. The summed E-state index contributed by atoms with van der Waals surface area (Å²) >= 11 is 0. The predicted molar refractivity (Wildman–Crippen MR) is 122 cm³/mol. The average molecular weight is 550 g/mol. The van der Waals surface area contributed by atoms with Gasteiger partial charge >= 0.3 is 12.1 Å². The van der Waals surface area contributed by atoms with Gasteiger partial charge in [-0.25, -0.2) is 8.78 Å². The molecule has 9 nitrogen and oxygen atoms in total. The maximum absolute atomic E-state index is 14.9. The first-order valence-corrected chi connectivity index (χ1v) is 12.7. The van der Waals surface area contributed by atoms with Crippen molar-refractivity contribution < 1.29 is 41.1 Å². The van der Waals surface area contributed by atoms with Crippen LogP contribution in [0.1, 0.15) is 58.8 Å². The number of hydrogen-bond acceptors (Lipinski definition) is 5. The van der Waals surface area contributed by atoms with Crippen LogP contribution in [0, 0.1) is 29.1 Å². The third-order valence-electron chi connectivity index (χ3n) is 7.42. The zero-order valence-corrected chi connectivity index (χ0v) is 21.1. The Morgan fingerprint density at radius 3 is 2.42 bits per heavy atom. The number of carbonyl (C=O) groups excluding carboxylic acids is 4. The summed E-state index contributed by atoms with van der Waals surface area (Å²) in [6.07, 6.45) is -5.15. The molecule has 6 atom stereocenters. The Labute approximate surface area is 216 Å². The van der Waals surface area contributed by atoms with Crippen LogP contribution in [0.5, 0.6) is 0 Å². The van der Waals surface area contributed by atoms with Crippen molar-refractivity contribution in [1.82, 2.24) is 20.9 Å². The fourth-order valence-electron chi connectivity index (χ4n) is 5.68. The molecule has 0 aromatic heterocycles. The molecule has 0 aromatic rings. The number of fused-ring (bicyclic) bond motifs is 3. The number of nitrogens with zero attached hydrogens (tertiary/aromatic N) is 2. The fraction of sp³-hybridized carbons (Fsp3) is 0.792. The molecule has 14 heteroatoms. The third kappa shape index (κ3) is 6.53. The largest absolute Gasteiger partial charge is 0.471 e. The third-order valence-corrected chi connectivity index (χ3v) is 7.42. The van der Waals surface area contributed by atoms with Gasteiger partial charge in [-0.2, -0.15) is 18.4 Å². The molecule has 4 rings (SSSR count). The Morgan fingerprint density at radius 2 is 1.87 bits per heavy atom. The molecule has 4 amide bonds. The summed E-state index contributed by atoms with van der Waals surface area (Å²) in [5.74, 6) is -10.6. The van der Waals surface area contributed by atoms with Crippen molar-refractivity contribution in [3.05, 3.63) is 0 Å². The van der Waals surface area contributed by atoms with E-state index in [1.807, 2.05) is 6.07 Å². The Kier molecular flexibility index (Phi) is 8.88. The molecule has 4 fully saturated rings. The Morgan fingerprint density at radius 1 is 1.18 bits per heavy atom. The summed E-state index contributed by atoms with van der Waals surface area (Å²) in [6, 6.07) is -3.93. The molecular weight excluding hydrogens is 517 g/mol. The second kappa shape index (κ2) is 11.4. The van der Waals surface area contributed by atoms with Gasteiger partial charge < -0.3 is 20.9 Å². The number of amides is 4. The van der Waals surface area contributed by atoms with E-state index in [-0.39, 0.29) is 37.5 Å². The van der Waals surface area contributed by atoms with E-state index in [0.717, 1.165) is 4.90 Å². The van der Waals surface area contributed by atoms with Gasteiger partial charge in [0.25, 0.3) is 5.92 Å². The van der Waals surface area contributed by atoms with Crippen molar-refractivity contribution in [2.24, 2.45) is 17.8 Å².